The lowest BCUT2D eigenvalue weighted by atomic mass is 10.1. The number of piperazine rings is 1. The molecule has 1 N–H and O–H groups in total. The van der Waals surface area contributed by atoms with E-state index < -0.39 is 0 Å². The number of benzene rings is 1. The van der Waals surface area contributed by atoms with Crippen molar-refractivity contribution >= 4 is 17.7 Å². The first-order valence-electron chi connectivity index (χ1n) is 7.43. The third-order valence-corrected chi connectivity index (χ3v) is 3.48. The number of amides is 1. The molecule has 0 aromatic heterocycles. The Hall–Kier alpha value is -1.46. The maximum Gasteiger partial charge on any atom is 0.415 e. The third kappa shape index (κ3) is 4.52. The highest BCUT2D eigenvalue weighted by Crippen LogP contribution is 2.34. The van der Waals surface area contributed by atoms with Crippen molar-refractivity contribution in [2.24, 2.45) is 0 Å². The predicted molar refractivity (Wildman–Crippen MR) is 87.0 cm³/mol. The van der Waals surface area contributed by atoms with E-state index in [9.17, 15) is 4.79 Å². The number of nitrogens with one attached hydrogen (secondary N) is 1. The SMILES string of the molecule is Cc1c(OC(=O)N2CCNCC2)cc(Cl)cc1OC(C)(C)C. The van der Waals surface area contributed by atoms with Gasteiger partial charge in [-0.2, -0.15) is 0 Å². The average molecular weight is 327 g/mol. The van der Waals surface area contributed by atoms with Crippen LogP contribution in [0.5, 0.6) is 11.5 Å². The smallest absolute Gasteiger partial charge is 0.415 e. The number of carbonyl (C=O) groups is 1. The molecule has 0 spiro atoms. The van der Waals surface area contributed by atoms with Crippen LogP contribution in [0.25, 0.3) is 0 Å². The molecule has 1 aromatic rings. The lowest BCUT2D eigenvalue weighted by molar-refractivity contribution is 0.128. The molecular weight excluding hydrogens is 304 g/mol. The van der Waals surface area contributed by atoms with E-state index >= 15 is 0 Å². The molecule has 0 radical (unpaired) electrons. The monoisotopic (exact) mass is 326 g/mol. The van der Waals surface area contributed by atoms with Crippen LogP contribution in [-0.4, -0.2) is 42.8 Å². The molecule has 1 amide bonds. The van der Waals surface area contributed by atoms with Gasteiger partial charge in [-0.25, -0.2) is 4.79 Å². The van der Waals surface area contributed by atoms with Gasteiger partial charge in [0, 0.05) is 42.8 Å². The fourth-order valence-electron chi connectivity index (χ4n) is 2.18. The van der Waals surface area contributed by atoms with Gasteiger partial charge in [0.2, 0.25) is 0 Å². The Morgan fingerprint density at radius 2 is 1.82 bits per heavy atom. The van der Waals surface area contributed by atoms with Crippen LogP contribution in [0.4, 0.5) is 4.79 Å². The number of halogens is 1. The summed E-state index contributed by atoms with van der Waals surface area (Å²) in [6.45, 7) is 10.6. The summed E-state index contributed by atoms with van der Waals surface area (Å²) in [4.78, 5) is 13.9. The lowest BCUT2D eigenvalue weighted by Crippen LogP contribution is -2.47. The van der Waals surface area contributed by atoms with Crippen LogP contribution in [-0.2, 0) is 0 Å². The maximum absolute atomic E-state index is 12.2. The van der Waals surface area contributed by atoms with Gasteiger partial charge in [0.25, 0.3) is 0 Å². The molecule has 1 saturated heterocycles. The van der Waals surface area contributed by atoms with Crippen molar-refractivity contribution in [3.63, 3.8) is 0 Å². The van der Waals surface area contributed by atoms with Gasteiger partial charge in [-0.15, -0.1) is 0 Å². The van der Waals surface area contributed by atoms with Crippen LogP contribution in [0.1, 0.15) is 26.3 Å². The first kappa shape index (κ1) is 16.9. The average Bonchev–Trinajstić information content (AvgIpc) is 2.43. The highest BCUT2D eigenvalue weighted by molar-refractivity contribution is 6.30. The maximum atomic E-state index is 12.2. The van der Waals surface area contributed by atoms with Crippen molar-refractivity contribution in [2.45, 2.75) is 33.3 Å². The largest absolute Gasteiger partial charge is 0.488 e. The molecule has 1 aromatic carbocycles. The number of nitrogens with zero attached hydrogens (tertiary/aromatic N) is 1. The van der Waals surface area contributed by atoms with Gasteiger partial charge >= 0.3 is 6.09 Å². The van der Waals surface area contributed by atoms with Gasteiger partial charge in [-0.1, -0.05) is 11.6 Å². The molecule has 2 rings (SSSR count). The zero-order valence-electron chi connectivity index (χ0n) is 13.5. The van der Waals surface area contributed by atoms with Crippen molar-refractivity contribution in [3.05, 3.63) is 22.7 Å². The molecule has 122 valence electrons. The van der Waals surface area contributed by atoms with E-state index in [2.05, 4.69) is 5.32 Å². The standard InChI is InChI=1S/C16H23ClN2O3/c1-11-13(21-15(20)19-7-5-18-6-8-19)9-12(17)10-14(11)22-16(2,3)4/h9-10,18H,5-8H2,1-4H3. The fourth-order valence-corrected chi connectivity index (χ4v) is 2.38. The molecule has 1 fully saturated rings. The molecule has 1 aliphatic heterocycles. The molecule has 6 heteroatoms. The highest BCUT2D eigenvalue weighted by Gasteiger charge is 2.21. The van der Waals surface area contributed by atoms with Gasteiger partial charge in [-0.3, -0.25) is 0 Å². The van der Waals surface area contributed by atoms with E-state index in [0.29, 0.717) is 29.6 Å². The van der Waals surface area contributed by atoms with E-state index in [1.807, 2.05) is 27.7 Å². The molecule has 0 unspecified atom stereocenters. The zero-order valence-corrected chi connectivity index (χ0v) is 14.3. The second-order valence-electron chi connectivity index (χ2n) is 6.35. The second kappa shape index (κ2) is 6.75. The van der Waals surface area contributed by atoms with E-state index in [-0.39, 0.29) is 11.7 Å². The van der Waals surface area contributed by atoms with Crippen LogP contribution in [0.3, 0.4) is 0 Å². The van der Waals surface area contributed by atoms with E-state index in [4.69, 9.17) is 21.1 Å². The summed E-state index contributed by atoms with van der Waals surface area (Å²) in [6.07, 6.45) is -0.353. The number of hydrogen-bond acceptors (Lipinski definition) is 4. The van der Waals surface area contributed by atoms with Crippen LogP contribution >= 0.6 is 11.6 Å². The Labute approximate surface area is 136 Å². The van der Waals surface area contributed by atoms with Gasteiger partial charge in [0.15, 0.2) is 0 Å². The topological polar surface area (TPSA) is 50.8 Å². The van der Waals surface area contributed by atoms with Crippen molar-refractivity contribution in [1.29, 1.82) is 0 Å². The molecule has 22 heavy (non-hydrogen) atoms. The Balaban J connectivity index is 2.18. The minimum Gasteiger partial charge on any atom is -0.488 e. The summed E-state index contributed by atoms with van der Waals surface area (Å²) >= 11 is 6.13. The molecule has 0 bridgehead atoms. The summed E-state index contributed by atoms with van der Waals surface area (Å²) in [6, 6.07) is 3.39. The summed E-state index contributed by atoms with van der Waals surface area (Å²) < 4.78 is 11.4. The Morgan fingerprint density at radius 1 is 1.23 bits per heavy atom. The van der Waals surface area contributed by atoms with Crippen LogP contribution < -0.4 is 14.8 Å². The number of hydrogen-bond donors (Lipinski definition) is 1. The van der Waals surface area contributed by atoms with Gasteiger partial charge < -0.3 is 19.7 Å². The van der Waals surface area contributed by atoms with Crippen LogP contribution in [0.15, 0.2) is 12.1 Å². The first-order chi connectivity index (χ1) is 10.3. The van der Waals surface area contributed by atoms with Crippen LogP contribution in [0.2, 0.25) is 5.02 Å². The minimum atomic E-state index is -0.353. The number of ether oxygens (including phenoxy) is 2. The lowest BCUT2D eigenvalue weighted by Gasteiger charge is -2.27. The van der Waals surface area contributed by atoms with Crippen molar-refractivity contribution in [3.8, 4) is 11.5 Å². The highest BCUT2D eigenvalue weighted by atomic mass is 35.5. The van der Waals surface area contributed by atoms with Gasteiger partial charge in [-0.05, 0) is 33.8 Å². The summed E-state index contributed by atoms with van der Waals surface area (Å²) in [5.74, 6) is 1.07. The summed E-state index contributed by atoms with van der Waals surface area (Å²) in [5.41, 5.74) is 0.415. The Bertz CT molecular complexity index is 549. The summed E-state index contributed by atoms with van der Waals surface area (Å²) in [7, 11) is 0. The summed E-state index contributed by atoms with van der Waals surface area (Å²) in [5, 5.41) is 3.68. The van der Waals surface area contributed by atoms with E-state index in [1.54, 1.807) is 17.0 Å². The molecule has 0 aliphatic carbocycles. The van der Waals surface area contributed by atoms with Crippen molar-refractivity contribution < 1.29 is 14.3 Å². The first-order valence-corrected chi connectivity index (χ1v) is 7.81. The molecule has 1 heterocycles. The minimum absolute atomic E-state index is 0.352. The second-order valence-corrected chi connectivity index (χ2v) is 6.78. The molecule has 0 atom stereocenters. The molecular formula is C16H23ClN2O3. The fraction of sp³-hybridized carbons (Fsp3) is 0.562. The normalized spacial score (nSPS) is 15.6. The molecule has 0 saturated carbocycles. The molecule has 5 nitrogen and oxygen atoms in total. The van der Waals surface area contributed by atoms with E-state index in [0.717, 1.165) is 18.7 Å². The van der Waals surface area contributed by atoms with Gasteiger partial charge in [0.05, 0.1) is 0 Å². The van der Waals surface area contributed by atoms with Gasteiger partial charge in [0.1, 0.15) is 17.1 Å². The zero-order chi connectivity index (χ0) is 16.3. The number of carbonyl (C=O) groups excluding carboxylic acids is 1. The predicted octanol–water partition coefficient (Wildman–Crippen LogP) is 3.23. The van der Waals surface area contributed by atoms with Crippen LogP contribution in [0, 0.1) is 6.92 Å². The Morgan fingerprint density at radius 3 is 2.41 bits per heavy atom. The number of rotatable bonds is 2. The molecule has 1 aliphatic rings. The quantitative estimate of drug-likeness (QED) is 0.906. The van der Waals surface area contributed by atoms with Crippen molar-refractivity contribution in [1.82, 2.24) is 10.2 Å². The Kier molecular flexibility index (Phi) is 5.19. The third-order valence-electron chi connectivity index (χ3n) is 3.27. The van der Waals surface area contributed by atoms with E-state index in [1.165, 1.54) is 0 Å². The van der Waals surface area contributed by atoms with Crippen molar-refractivity contribution in [2.75, 3.05) is 26.2 Å².